The second-order valence-electron chi connectivity index (χ2n) is 9.10. The zero-order valence-electron chi connectivity index (χ0n) is 19.7. The largest absolute Gasteiger partial charge is 0.460 e. The molecule has 0 radical (unpaired) electrons. The summed E-state index contributed by atoms with van der Waals surface area (Å²) < 4.78 is 96.7. The third kappa shape index (κ3) is 5.35. The van der Waals surface area contributed by atoms with Crippen LogP contribution in [0.15, 0.2) is 64.5 Å². The molecule has 1 heterocycles. The number of fused-ring (bicyclic) bond motifs is 1. The van der Waals surface area contributed by atoms with Gasteiger partial charge in [0, 0.05) is 5.41 Å². The number of anilines is 1. The summed E-state index contributed by atoms with van der Waals surface area (Å²) in [4.78, 5) is 29.7. The van der Waals surface area contributed by atoms with Crippen molar-refractivity contribution in [1.29, 1.82) is 0 Å². The quantitative estimate of drug-likeness (QED) is 0.231. The SMILES string of the molecule is CC(C)(C)C(=O)C/C(=N/Nc1nc2ccccc2c(=O)n1-c1ccccc1)C(F)(F)C(F)(F)C(F)(F)F. The smallest absolute Gasteiger partial charge is 0.299 e. The molecule has 37 heavy (non-hydrogen) atoms. The molecule has 3 aromatic rings. The van der Waals surface area contributed by atoms with Crippen molar-refractivity contribution in [2.24, 2.45) is 10.5 Å². The fourth-order valence-corrected chi connectivity index (χ4v) is 3.14. The number of halogens is 7. The van der Waals surface area contributed by atoms with Crippen LogP contribution in [0.1, 0.15) is 27.2 Å². The van der Waals surface area contributed by atoms with E-state index in [9.17, 15) is 40.3 Å². The fraction of sp³-hybridized carbons (Fsp3) is 0.333. The minimum Gasteiger partial charge on any atom is -0.299 e. The van der Waals surface area contributed by atoms with Crippen molar-refractivity contribution in [2.75, 3.05) is 5.43 Å². The van der Waals surface area contributed by atoms with Gasteiger partial charge in [-0.15, -0.1) is 0 Å². The molecule has 0 saturated heterocycles. The lowest BCUT2D eigenvalue weighted by Gasteiger charge is -2.29. The molecule has 0 saturated carbocycles. The molecule has 0 amide bonds. The number of carbonyl (C=O) groups excluding carboxylic acids is 1. The average molecular weight is 530 g/mol. The highest BCUT2D eigenvalue weighted by Crippen LogP contribution is 2.48. The van der Waals surface area contributed by atoms with Crippen molar-refractivity contribution < 1.29 is 35.5 Å². The Bertz CT molecular complexity index is 1390. The van der Waals surface area contributed by atoms with E-state index in [-0.39, 0.29) is 16.6 Å². The Hall–Kier alpha value is -3.77. The van der Waals surface area contributed by atoms with E-state index >= 15 is 0 Å². The van der Waals surface area contributed by atoms with Crippen LogP contribution >= 0.6 is 0 Å². The number of benzene rings is 2. The summed E-state index contributed by atoms with van der Waals surface area (Å²) in [6.07, 6.45) is -8.17. The van der Waals surface area contributed by atoms with Gasteiger partial charge in [-0.1, -0.05) is 51.1 Å². The molecule has 1 aromatic heterocycles. The first kappa shape index (κ1) is 27.8. The Morgan fingerprint density at radius 3 is 2.05 bits per heavy atom. The summed E-state index contributed by atoms with van der Waals surface area (Å²) in [6.45, 7) is 3.83. The number of Topliss-reactive ketones (excluding diaryl/α,β-unsaturated/α-hetero) is 1. The van der Waals surface area contributed by atoms with E-state index < -0.39 is 52.9 Å². The molecule has 0 aliphatic rings. The van der Waals surface area contributed by atoms with Gasteiger partial charge in [0.25, 0.3) is 5.56 Å². The van der Waals surface area contributed by atoms with E-state index in [1.54, 1.807) is 12.1 Å². The Balaban J connectivity index is 2.23. The molecule has 6 nitrogen and oxygen atoms in total. The van der Waals surface area contributed by atoms with Gasteiger partial charge in [-0.3, -0.25) is 9.59 Å². The monoisotopic (exact) mass is 530 g/mol. The maximum Gasteiger partial charge on any atom is 0.460 e. The third-order valence-corrected chi connectivity index (χ3v) is 5.36. The fourth-order valence-electron chi connectivity index (χ4n) is 3.14. The summed E-state index contributed by atoms with van der Waals surface area (Å²) in [7, 11) is 0. The summed E-state index contributed by atoms with van der Waals surface area (Å²) in [6, 6.07) is 13.5. The summed E-state index contributed by atoms with van der Waals surface area (Å²) in [5.74, 6) is -14.1. The van der Waals surface area contributed by atoms with Crippen LogP contribution in [0, 0.1) is 5.41 Å². The van der Waals surface area contributed by atoms with Crippen molar-refractivity contribution >= 4 is 28.3 Å². The van der Waals surface area contributed by atoms with Crippen LogP contribution in [-0.2, 0) is 4.79 Å². The molecule has 0 unspecified atom stereocenters. The molecule has 2 aromatic carbocycles. The maximum absolute atomic E-state index is 14.7. The number of nitrogens with zero attached hydrogens (tertiary/aromatic N) is 3. The van der Waals surface area contributed by atoms with Gasteiger partial charge in [-0.2, -0.15) is 35.8 Å². The number of aromatic nitrogens is 2. The van der Waals surface area contributed by atoms with Crippen LogP contribution in [0.5, 0.6) is 0 Å². The van der Waals surface area contributed by atoms with Crippen molar-refractivity contribution in [1.82, 2.24) is 9.55 Å². The van der Waals surface area contributed by atoms with Crippen LogP contribution in [-0.4, -0.2) is 39.1 Å². The van der Waals surface area contributed by atoms with Gasteiger partial charge in [0.05, 0.1) is 23.0 Å². The number of nitrogens with one attached hydrogen (secondary N) is 1. The number of hydrogen-bond donors (Lipinski definition) is 1. The first-order chi connectivity index (χ1) is 17.0. The van der Waals surface area contributed by atoms with Crippen LogP contribution < -0.4 is 11.0 Å². The Morgan fingerprint density at radius 2 is 1.49 bits per heavy atom. The van der Waals surface area contributed by atoms with Gasteiger partial charge in [-0.25, -0.2) is 15.0 Å². The maximum atomic E-state index is 14.7. The zero-order valence-corrected chi connectivity index (χ0v) is 19.7. The average Bonchev–Trinajstić information content (AvgIpc) is 2.80. The number of hydrazone groups is 1. The van der Waals surface area contributed by atoms with E-state index in [1.165, 1.54) is 63.2 Å². The van der Waals surface area contributed by atoms with Gasteiger partial charge in [0.1, 0.15) is 11.5 Å². The number of rotatable bonds is 7. The second-order valence-corrected chi connectivity index (χ2v) is 9.10. The molecule has 0 aliphatic carbocycles. The molecular formula is C24H21F7N4O2. The zero-order chi connectivity index (χ0) is 27.8. The molecule has 1 N–H and O–H groups in total. The lowest BCUT2D eigenvalue weighted by atomic mass is 9.86. The molecule has 0 spiro atoms. The van der Waals surface area contributed by atoms with Gasteiger partial charge in [-0.05, 0) is 24.3 Å². The molecule has 3 rings (SSSR count). The van der Waals surface area contributed by atoms with Crippen LogP contribution in [0.3, 0.4) is 0 Å². The molecule has 0 bridgehead atoms. The minimum atomic E-state index is -6.64. The van der Waals surface area contributed by atoms with E-state index in [0.29, 0.717) is 0 Å². The number of alkyl halides is 7. The molecule has 0 fully saturated rings. The normalized spacial score (nSPS) is 13.6. The minimum absolute atomic E-state index is 0.0667. The van der Waals surface area contributed by atoms with Crippen LogP contribution in [0.25, 0.3) is 16.6 Å². The van der Waals surface area contributed by atoms with Crippen molar-refractivity contribution in [3.8, 4) is 5.69 Å². The number of para-hydroxylation sites is 2. The van der Waals surface area contributed by atoms with Crippen molar-refractivity contribution in [3.05, 3.63) is 65.0 Å². The Labute approximate surface area is 205 Å². The number of hydrogen-bond acceptors (Lipinski definition) is 5. The highest BCUT2D eigenvalue weighted by atomic mass is 19.4. The molecule has 0 aliphatic heterocycles. The topological polar surface area (TPSA) is 76.3 Å². The first-order valence-corrected chi connectivity index (χ1v) is 10.7. The molecule has 198 valence electrons. The van der Waals surface area contributed by atoms with E-state index in [2.05, 4.69) is 10.1 Å². The van der Waals surface area contributed by atoms with Gasteiger partial charge in [0.15, 0.2) is 0 Å². The lowest BCUT2D eigenvalue weighted by molar-refractivity contribution is -0.336. The van der Waals surface area contributed by atoms with Gasteiger partial charge >= 0.3 is 18.0 Å². The Morgan fingerprint density at radius 1 is 0.919 bits per heavy atom. The van der Waals surface area contributed by atoms with Gasteiger partial charge < -0.3 is 0 Å². The molecule has 0 atom stereocenters. The highest BCUT2D eigenvalue weighted by molar-refractivity contribution is 6.07. The second kappa shape index (κ2) is 9.60. The van der Waals surface area contributed by atoms with Crippen molar-refractivity contribution in [2.45, 2.75) is 45.2 Å². The van der Waals surface area contributed by atoms with E-state index in [4.69, 9.17) is 0 Å². The van der Waals surface area contributed by atoms with Crippen LogP contribution in [0.2, 0.25) is 0 Å². The molecule has 13 heteroatoms. The number of carbonyl (C=O) groups is 1. The van der Waals surface area contributed by atoms with E-state index in [1.807, 2.05) is 5.43 Å². The van der Waals surface area contributed by atoms with E-state index in [0.717, 1.165) is 4.57 Å². The Kier molecular flexibility index (Phi) is 7.21. The predicted molar refractivity (Wildman–Crippen MR) is 123 cm³/mol. The summed E-state index contributed by atoms with van der Waals surface area (Å²) >= 11 is 0. The highest BCUT2D eigenvalue weighted by Gasteiger charge is 2.75. The predicted octanol–water partition coefficient (Wildman–Crippen LogP) is 5.99. The van der Waals surface area contributed by atoms with Gasteiger partial charge in [0.2, 0.25) is 5.95 Å². The van der Waals surface area contributed by atoms with Crippen LogP contribution in [0.4, 0.5) is 36.7 Å². The lowest BCUT2D eigenvalue weighted by Crippen LogP contribution is -2.57. The number of ketones is 1. The standard InChI is InChI=1S/C24H21F7N4O2/c1-21(2,3)18(36)13-17(22(25,26)23(27,28)24(29,30)31)33-34-20-32-16-12-8-7-11-15(16)19(37)35(20)14-9-5-4-6-10-14/h4-12H,13H2,1-3H3,(H,32,34)/b33-17-. The third-order valence-electron chi connectivity index (χ3n) is 5.36. The molecular weight excluding hydrogens is 509 g/mol. The summed E-state index contributed by atoms with van der Waals surface area (Å²) in [5, 5.41) is 3.24. The van der Waals surface area contributed by atoms with Crippen molar-refractivity contribution in [3.63, 3.8) is 0 Å². The first-order valence-electron chi connectivity index (χ1n) is 10.7. The summed E-state index contributed by atoms with van der Waals surface area (Å²) in [5.41, 5.74) is -1.96.